The van der Waals surface area contributed by atoms with Crippen LogP contribution >= 0.6 is 0 Å². The molecule has 0 spiro atoms. The van der Waals surface area contributed by atoms with Crippen LogP contribution in [-0.4, -0.2) is 43.1 Å². The van der Waals surface area contributed by atoms with Crippen molar-refractivity contribution in [3.05, 3.63) is 59.7 Å². The topological polar surface area (TPSA) is 81.9 Å². The van der Waals surface area contributed by atoms with Crippen molar-refractivity contribution < 1.29 is 19.2 Å². The zero-order valence-corrected chi connectivity index (χ0v) is 14.6. The van der Waals surface area contributed by atoms with Crippen LogP contribution < -0.4 is 5.73 Å². The Kier molecular flexibility index (Phi) is 5.78. The highest BCUT2D eigenvalue weighted by Gasteiger charge is 2.33. The third-order valence-electron chi connectivity index (χ3n) is 4.41. The molecule has 6 heteroatoms. The highest BCUT2D eigenvalue weighted by molar-refractivity contribution is 5.94. The Balaban J connectivity index is 1.78. The second-order valence-corrected chi connectivity index (χ2v) is 6.34. The summed E-state index contributed by atoms with van der Waals surface area (Å²) < 4.78 is 5.12. The Hall–Kier alpha value is -2.54. The predicted octanol–water partition coefficient (Wildman–Crippen LogP) is 2.17. The summed E-state index contributed by atoms with van der Waals surface area (Å²) in [5.41, 5.74) is 8.73. The van der Waals surface area contributed by atoms with Crippen LogP contribution in [0.5, 0.6) is 0 Å². The van der Waals surface area contributed by atoms with Crippen LogP contribution in [0.4, 0.5) is 0 Å². The maximum absolute atomic E-state index is 11.4. The van der Waals surface area contributed by atoms with Crippen molar-refractivity contribution >= 4 is 12.2 Å². The lowest BCUT2D eigenvalue weighted by molar-refractivity contribution is -0.178. The Morgan fingerprint density at radius 3 is 2.69 bits per heavy atom. The van der Waals surface area contributed by atoms with E-state index >= 15 is 0 Å². The average molecular weight is 354 g/mol. The molecule has 0 saturated carbocycles. The van der Waals surface area contributed by atoms with Gasteiger partial charge < -0.3 is 15.3 Å². The monoisotopic (exact) mass is 354 g/mol. The largest absolute Gasteiger partial charge is 0.382 e. The molecule has 26 heavy (non-hydrogen) atoms. The number of nitrogens with zero attached hydrogens (tertiary/aromatic N) is 1. The fourth-order valence-corrected chi connectivity index (χ4v) is 3.14. The van der Waals surface area contributed by atoms with Gasteiger partial charge in [0.25, 0.3) is 0 Å². The van der Waals surface area contributed by atoms with Crippen LogP contribution in [-0.2, 0) is 20.9 Å². The number of carbonyl (C=O) groups excluding carboxylic acids is 2. The lowest BCUT2D eigenvalue weighted by Gasteiger charge is -2.19. The molecular weight excluding hydrogens is 332 g/mol. The SMILES string of the molecule is COC[C@H]1C[C@@H](C=O)N(Cc2cccc(-c3cccc(C(N)=O)c3)c2)O1. The number of ether oxygens (including phenoxy) is 1. The summed E-state index contributed by atoms with van der Waals surface area (Å²) in [6.07, 6.45) is 1.43. The van der Waals surface area contributed by atoms with Crippen LogP contribution in [0, 0.1) is 0 Å². The zero-order valence-electron chi connectivity index (χ0n) is 14.6. The number of hydrogen-bond donors (Lipinski definition) is 1. The summed E-state index contributed by atoms with van der Waals surface area (Å²) in [4.78, 5) is 28.6. The van der Waals surface area contributed by atoms with Crippen molar-refractivity contribution in [1.82, 2.24) is 5.06 Å². The molecule has 0 aliphatic carbocycles. The second-order valence-electron chi connectivity index (χ2n) is 6.34. The van der Waals surface area contributed by atoms with Gasteiger partial charge in [-0.05, 0) is 34.9 Å². The molecule has 136 valence electrons. The Labute approximate surface area is 152 Å². The van der Waals surface area contributed by atoms with E-state index in [1.165, 1.54) is 0 Å². The first-order chi connectivity index (χ1) is 12.6. The summed E-state index contributed by atoms with van der Waals surface area (Å²) in [7, 11) is 1.62. The van der Waals surface area contributed by atoms with E-state index in [0.29, 0.717) is 25.1 Å². The molecule has 1 heterocycles. The number of amides is 1. The van der Waals surface area contributed by atoms with Gasteiger partial charge in [-0.1, -0.05) is 30.3 Å². The third-order valence-corrected chi connectivity index (χ3v) is 4.41. The van der Waals surface area contributed by atoms with Crippen molar-refractivity contribution in [1.29, 1.82) is 0 Å². The lowest BCUT2D eigenvalue weighted by Crippen LogP contribution is -2.29. The number of hydrogen-bond acceptors (Lipinski definition) is 5. The van der Waals surface area contributed by atoms with Gasteiger partial charge in [0.1, 0.15) is 12.4 Å². The Morgan fingerprint density at radius 1 is 1.27 bits per heavy atom. The van der Waals surface area contributed by atoms with E-state index in [4.69, 9.17) is 15.3 Å². The van der Waals surface area contributed by atoms with E-state index in [-0.39, 0.29) is 12.1 Å². The Morgan fingerprint density at radius 2 is 2.00 bits per heavy atom. The molecule has 2 aromatic carbocycles. The highest BCUT2D eigenvalue weighted by atomic mass is 16.7. The quantitative estimate of drug-likeness (QED) is 0.771. The van der Waals surface area contributed by atoms with E-state index in [9.17, 15) is 9.59 Å². The van der Waals surface area contributed by atoms with Gasteiger partial charge in [-0.25, -0.2) is 0 Å². The van der Waals surface area contributed by atoms with Gasteiger partial charge in [0.05, 0.1) is 12.6 Å². The average Bonchev–Trinajstić information content (AvgIpc) is 3.04. The third kappa shape index (κ3) is 4.16. The second kappa shape index (κ2) is 8.23. The minimum Gasteiger partial charge on any atom is -0.382 e. The van der Waals surface area contributed by atoms with E-state index in [1.54, 1.807) is 24.3 Å². The highest BCUT2D eigenvalue weighted by Crippen LogP contribution is 2.25. The van der Waals surface area contributed by atoms with Gasteiger partial charge in [-0.15, -0.1) is 0 Å². The van der Waals surface area contributed by atoms with E-state index in [0.717, 1.165) is 23.0 Å². The number of hydroxylamine groups is 2. The van der Waals surface area contributed by atoms with Crippen molar-refractivity contribution in [2.24, 2.45) is 5.73 Å². The van der Waals surface area contributed by atoms with Crippen molar-refractivity contribution in [2.45, 2.75) is 25.1 Å². The predicted molar refractivity (Wildman–Crippen MR) is 97.2 cm³/mol. The number of primary amides is 1. The van der Waals surface area contributed by atoms with Crippen molar-refractivity contribution in [3.63, 3.8) is 0 Å². The van der Waals surface area contributed by atoms with Crippen molar-refractivity contribution in [3.8, 4) is 11.1 Å². The maximum Gasteiger partial charge on any atom is 0.248 e. The normalized spacial score (nSPS) is 20.2. The number of carbonyl (C=O) groups is 2. The van der Waals surface area contributed by atoms with Gasteiger partial charge >= 0.3 is 0 Å². The Bertz CT molecular complexity index is 793. The molecule has 1 fully saturated rings. The summed E-state index contributed by atoms with van der Waals surface area (Å²) in [6.45, 7) is 0.952. The zero-order chi connectivity index (χ0) is 18.5. The van der Waals surface area contributed by atoms with Gasteiger partial charge in [0, 0.05) is 25.6 Å². The van der Waals surface area contributed by atoms with Gasteiger partial charge in [-0.3, -0.25) is 9.63 Å². The lowest BCUT2D eigenvalue weighted by atomic mass is 10.0. The van der Waals surface area contributed by atoms with Crippen LogP contribution in [0.3, 0.4) is 0 Å². The summed E-state index contributed by atoms with van der Waals surface area (Å²) in [5.74, 6) is -0.452. The number of rotatable bonds is 7. The minimum atomic E-state index is -0.452. The number of nitrogens with two attached hydrogens (primary N) is 1. The molecule has 0 aromatic heterocycles. The molecule has 1 aliphatic rings. The van der Waals surface area contributed by atoms with Gasteiger partial charge in [-0.2, -0.15) is 5.06 Å². The molecule has 0 unspecified atom stereocenters. The van der Waals surface area contributed by atoms with Crippen LogP contribution in [0.2, 0.25) is 0 Å². The standard InChI is InChI=1S/C20H22N2O4/c1-25-13-19-10-18(12-23)22(26-19)11-14-4-2-5-15(8-14)16-6-3-7-17(9-16)20(21)24/h2-9,12,18-19H,10-11,13H2,1H3,(H2,21,24)/t18-,19+/m0/s1. The number of aldehydes is 1. The molecule has 6 nitrogen and oxygen atoms in total. The first kappa shape index (κ1) is 18.3. The minimum absolute atomic E-state index is 0.106. The van der Waals surface area contributed by atoms with E-state index in [2.05, 4.69) is 0 Å². The van der Waals surface area contributed by atoms with E-state index in [1.807, 2.05) is 36.4 Å². The first-order valence-corrected chi connectivity index (χ1v) is 8.47. The number of benzene rings is 2. The van der Waals surface area contributed by atoms with Crippen LogP contribution in [0.25, 0.3) is 11.1 Å². The van der Waals surface area contributed by atoms with Crippen LogP contribution in [0.1, 0.15) is 22.3 Å². The molecule has 3 rings (SSSR count). The first-order valence-electron chi connectivity index (χ1n) is 8.47. The molecule has 2 atom stereocenters. The summed E-state index contributed by atoms with van der Waals surface area (Å²) in [6, 6.07) is 14.8. The molecule has 2 N–H and O–H groups in total. The van der Waals surface area contributed by atoms with Gasteiger partial charge in [0.15, 0.2) is 0 Å². The smallest absolute Gasteiger partial charge is 0.248 e. The molecular formula is C20H22N2O4. The summed E-state index contributed by atoms with van der Waals surface area (Å²) >= 11 is 0. The maximum atomic E-state index is 11.4. The van der Waals surface area contributed by atoms with Crippen LogP contribution in [0.15, 0.2) is 48.5 Å². The molecule has 1 saturated heterocycles. The van der Waals surface area contributed by atoms with E-state index < -0.39 is 5.91 Å². The fraction of sp³-hybridized carbons (Fsp3) is 0.300. The summed E-state index contributed by atoms with van der Waals surface area (Å²) in [5, 5.41) is 1.70. The molecule has 0 bridgehead atoms. The van der Waals surface area contributed by atoms with Crippen molar-refractivity contribution in [2.75, 3.05) is 13.7 Å². The van der Waals surface area contributed by atoms with Gasteiger partial charge in [0.2, 0.25) is 5.91 Å². The number of methoxy groups -OCH3 is 1. The fourth-order valence-electron chi connectivity index (χ4n) is 3.14. The molecule has 0 radical (unpaired) electrons. The molecule has 1 amide bonds. The molecule has 2 aromatic rings. The molecule has 1 aliphatic heterocycles.